The molecule has 0 spiro atoms. The maximum absolute atomic E-state index is 13.2. The minimum absolute atomic E-state index is 0.289. The molecule has 0 bridgehead atoms. The van der Waals surface area contributed by atoms with Crippen LogP contribution in [0.25, 0.3) is 0 Å². The minimum atomic E-state index is -3.91. The molecule has 0 unspecified atom stereocenters. The lowest BCUT2D eigenvalue weighted by atomic mass is 10.2. The van der Waals surface area contributed by atoms with Crippen molar-refractivity contribution in [3.63, 3.8) is 0 Å². The van der Waals surface area contributed by atoms with Crippen LogP contribution in [0.15, 0.2) is 12.1 Å². The van der Waals surface area contributed by atoms with Crippen molar-refractivity contribution in [1.82, 2.24) is 0 Å². The van der Waals surface area contributed by atoms with Gasteiger partial charge in [-0.25, -0.2) is 12.8 Å². The smallest absolute Gasteiger partial charge is 0.236 e. The second kappa shape index (κ2) is 4.32. The van der Waals surface area contributed by atoms with Crippen molar-refractivity contribution in [3.8, 4) is 5.75 Å². The SMILES string of the molecule is COc1ccc(CS(=O)(=O)Cl)c(F)c1F. The second-order valence-corrected chi connectivity index (χ2v) is 5.52. The van der Waals surface area contributed by atoms with Crippen LogP contribution in [0.1, 0.15) is 5.56 Å². The zero-order valence-electron chi connectivity index (χ0n) is 7.63. The summed E-state index contributed by atoms with van der Waals surface area (Å²) in [6, 6.07) is 2.24. The zero-order valence-corrected chi connectivity index (χ0v) is 9.20. The van der Waals surface area contributed by atoms with Crippen LogP contribution in [0.5, 0.6) is 5.75 Å². The summed E-state index contributed by atoms with van der Waals surface area (Å²) in [6.45, 7) is 0. The molecule has 0 N–H and O–H groups in total. The van der Waals surface area contributed by atoms with Gasteiger partial charge in [0.15, 0.2) is 11.6 Å². The average Bonchev–Trinajstić information content (AvgIpc) is 2.11. The van der Waals surface area contributed by atoms with Crippen molar-refractivity contribution in [2.75, 3.05) is 7.11 Å². The number of benzene rings is 1. The number of halogens is 3. The predicted octanol–water partition coefficient (Wildman–Crippen LogP) is 2.04. The van der Waals surface area contributed by atoms with Crippen molar-refractivity contribution in [1.29, 1.82) is 0 Å². The van der Waals surface area contributed by atoms with Crippen LogP contribution >= 0.6 is 10.7 Å². The fraction of sp³-hybridized carbons (Fsp3) is 0.250. The molecule has 0 aliphatic carbocycles. The molecule has 0 atom stereocenters. The maximum atomic E-state index is 13.2. The number of hydrogen-bond acceptors (Lipinski definition) is 3. The van der Waals surface area contributed by atoms with Gasteiger partial charge in [-0.1, -0.05) is 6.07 Å². The van der Waals surface area contributed by atoms with Crippen LogP contribution in [-0.4, -0.2) is 15.5 Å². The molecule has 0 aromatic heterocycles. The molecule has 0 radical (unpaired) electrons. The zero-order chi connectivity index (χ0) is 11.6. The number of rotatable bonds is 3. The van der Waals surface area contributed by atoms with Gasteiger partial charge in [0.25, 0.3) is 0 Å². The van der Waals surface area contributed by atoms with E-state index in [4.69, 9.17) is 10.7 Å². The fourth-order valence-corrected chi connectivity index (χ4v) is 1.97. The van der Waals surface area contributed by atoms with Gasteiger partial charge < -0.3 is 4.74 Å². The standard InChI is InChI=1S/C8H7ClF2O3S/c1-14-6-3-2-5(4-15(9,12)13)7(10)8(6)11/h2-3H,4H2,1H3. The molecule has 0 fully saturated rings. The Labute approximate surface area is 90.0 Å². The van der Waals surface area contributed by atoms with E-state index < -0.39 is 26.4 Å². The molecule has 7 heteroatoms. The van der Waals surface area contributed by atoms with Crippen LogP contribution in [-0.2, 0) is 14.8 Å². The second-order valence-electron chi connectivity index (χ2n) is 2.74. The van der Waals surface area contributed by atoms with E-state index in [1.54, 1.807) is 0 Å². The molecule has 3 nitrogen and oxygen atoms in total. The quantitative estimate of drug-likeness (QED) is 0.778. The van der Waals surface area contributed by atoms with E-state index in [1.165, 1.54) is 7.11 Å². The van der Waals surface area contributed by atoms with E-state index in [-0.39, 0.29) is 11.3 Å². The first-order valence-electron chi connectivity index (χ1n) is 3.78. The highest BCUT2D eigenvalue weighted by Crippen LogP contribution is 2.24. The minimum Gasteiger partial charge on any atom is -0.494 e. The Hall–Kier alpha value is -0.880. The number of methoxy groups -OCH3 is 1. The summed E-state index contributed by atoms with van der Waals surface area (Å²) < 4.78 is 52.1. The molecule has 0 aliphatic heterocycles. The van der Waals surface area contributed by atoms with Gasteiger partial charge in [0.2, 0.25) is 14.9 Å². The summed E-state index contributed by atoms with van der Waals surface area (Å²) in [5, 5.41) is 0. The molecule has 0 saturated heterocycles. The van der Waals surface area contributed by atoms with Gasteiger partial charge in [-0.2, -0.15) is 4.39 Å². The van der Waals surface area contributed by atoms with Crippen molar-refractivity contribution in [2.24, 2.45) is 0 Å². The molecule has 1 aromatic carbocycles. The maximum Gasteiger partial charge on any atom is 0.236 e. The van der Waals surface area contributed by atoms with Gasteiger partial charge in [-0.05, 0) is 6.07 Å². The summed E-state index contributed by atoms with van der Waals surface area (Å²) in [5.41, 5.74) is -0.330. The highest BCUT2D eigenvalue weighted by molar-refractivity contribution is 8.13. The van der Waals surface area contributed by atoms with E-state index in [2.05, 4.69) is 4.74 Å². The molecule has 1 rings (SSSR count). The molecule has 84 valence electrons. The van der Waals surface area contributed by atoms with E-state index in [1.807, 2.05) is 0 Å². The van der Waals surface area contributed by atoms with Gasteiger partial charge in [-0.15, -0.1) is 0 Å². The summed E-state index contributed by atoms with van der Waals surface area (Å²) in [7, 11) is 2.18. The normalized spacial score (nSPS) is 11.5. The first kappa shape index (κ1) is 12.2. The molecule has 0 amide bonds. The highest BCUT2D eigenvalue weighted by Gasteiger charge is 2.17. The summed E-state index contributed by atoms with van der Waals surface area (Å²) >= 11 is 0. The van der Waals surface area contributed by atoms with Crippen molar-refractivity contribution >= 4 is 19.7 Å². The fourth-order valence-electron chi connectivity index (χ4n) is 1.03. The third kappa shape index (κ3) is 3.04. The van der Waals surface area contributed by atoms with Crippen molar-refractivity contribution in [2.45, 2.75) is 5.75 Å². The van der Waals surface area contributed by atoms with Crippen molar-refractivity contribution < 1.29 is 21.9 Å². The number of hydrogen-bond donors (Lipinski definition) is 0. The van der Waals surface area contributed by atoms with Gasteiger partial charge >= 0.3 is 0 Å². The highest BCUT2D eigenvalue weighted by atomic mass is 35.7. The monoisotopic (exact) mass is 256 g/mol. The molecule has 0 aliphatic rings. The van der Waals surface area contributed by atoms with Crippen LogP contribution in [0.2, 0.25) is 0 Å². The molecule has 0 saturated carbocycles. The van der Waals surface area contributed by atoms with E-state index in [0.29, 0.717) is 0 Å². The Bertz CT molecular complexity index is 473. The molecule has 0 heterocycles. The number of ether oxygens (including phenoxy) is 1. The first-order valence-corrected chi connectivity index (χ1v) is 6.26. The average molecular weight is 257 g/mol. The van der Waals surface area contributed by atoms with Gasteiger partial charge in [0, 0.05) is 16.2 Å². The van der Waals surface area contributed by atoms with Gasteiger partial charge in [-0.3, -0.25) is 0 Å². The van der Waals surface area contributed by atoms with Crippen LogP contribution in [0.3, 0.4) is 0 Å². The lowest BCUT2D eigenvalue weighted by Crippen LogP contribution is -2.02. The lowest BCUT2D eigenvalue weighted by molar-refractivity contribution is 0.370. The Balaban J connectivity index is 3.18. The van der Waals surface area contributed by atoms with Crippen LogP contribution in [0.4, 0.5) is 8.78 Å². The topological polar surface area (TPSA) is 43.4 Å². The first-order chi connectivity index (χ1) is 6.85. The molecular formula is C8H7ClF2O3S. The Morgan fingerprint density at radius 3 is 2.40 bits per heavy atom. The van der Waals surface area contributed by atoms with Gasteiger partial charge in [0.1, 0.15) is 0 Å². The molecule has 15 heavy (non-hydrogen) atoms. The van der Waals surface area contributed by atoms with Crippen LogP contribution < -0.4 is 4.74 Å². The Morgan fingerprint density at radius 1 is 1.33 bits per heavy atom. The summed E-state index contributed by atoms with van der Waals surface area (Å²) in [6.07, 6.45) is 0. The van der Waals surface area contributed by atoms with Crippen LogP contribution in [0, 0.1) is 11.6 Å². The predicted molar refractivity (Wildman–Crippen MR) is 51.4 cm³/mol. The molecular weight excluding hydrogens is 250 g/mol. The lowest BCUT2D eigenvalue weighted by Gasteiger charge is -2.05. The summed E-state index contributed by atoms with van der Waals surface area (Å²) in [4.78, 5) is 0. The largest absolute Gasteiger partial charge is 0.494 e. The van der Waals surface area contributed by atoms with E-state index in [0.717, 1.165) is 12.1 Å². The van der Waals surface area contributed by atoms with Gasteiger partial charge in [0.05, 0.1) is 12.9 Å². The Kier molecular flexibility index (Phi) is 3.51. The Morgan fingerprint density at radius 2 is 1.93 bits per heavy atom. The van der Waals surface area contributed by atoms with E-state index in [9.17, 15) is 17.2 Å². The van der Waals surface area contributed by atoms with E-state index >= 15 is 0 Å². The summed E-state index contributed by atoms with van der Waals surface area (Å²) in [5.74, 6) is -3.54. The third-order valence-electron chi connectivity index (χ3n) is 1.67. The van der Waals surface area contributed by atoms with Crippen molar-refractivity contribution in [3.05, 3.63) is 29.3 Å². The molecule has 1 aromatic rings. The third-order valence-corrected chi connectivity index (χ3v) is 2.66.